The van der Waals surface area contributed by atoms with Gasteiger partial charge in [0.2, 0.25) is 0 Å². The number of hydrogen-bond donors (Lipinski definition) is 2. The molecule has 2 aromatic carbocycles. The molecule has 2 amide bonds. The molecule has 27 heavy (non-hydrogen) atoms. The van der Waals surface area contributed by atoms with Crippen molar-refractivity contribution in [2.24, 2.45) is 0 Å². The van der Waals surface area contributed by atoms with Gasteiger partial charge >= 0.3 is 0 Å². The molecule has 138 valence electrons. The Kier molecular flexibility index (Phi) is 5.84. The summed E-state index contributed by atoms with van der Waals surface area (Å²) in [6, 6.07) is 18.0. The monoisotopic (exact) mass is 365 g/mol. The number of nitrogens with one attached hydrogen (secondary N) is 2. The van der Waals surface area contributed by atoms with Crippen LogP contribution in [0.25, 0.3) is 0 Å². The molecule has 0 spiro atoms. The number of benzene rings is 2. The van der Waals surface area contributed by atoms with Crippen molar-refractivity contribution in [2.45, 2.75) is 13.5 Å². The molecule has 0 aliphatic rings. The highest BCUT2D eigenvalue weighted by molar-refractivity contribution is 5.97. The maximum Gasteiger partial charge on any atom is 0.263 e. The summed E-state index contributed by atoms with van der Waals surface area (Å²) in [4.78, 5) is 24.4. The number of nitrogens with zero attached hydrogens (tertiary/aromatic N) is 1. The van der Waals surface area contributed by atoms with E-state index in [9.17, 15) is 9.59 Å². The van der Waals surface area contributed by atoms with Gasteiger partial charge in [0.1, 0.15) is 11.5 Å². The third kappa shape index (κ3) is 5.18. The molecule has 3 rings (SSSR count). The van der Waals surface area contributed by atoms with Gasteiger partial charge in [0.25, 0.3) is 11.8 Å². The zero-order valence-electron chi connectivity index (χ0n) is 14.8. The first-order valence-electron chi connectivity index (χ1n) is 8.39. The topological polar surface area (TPSA) is 93.5 Å². The van der Waals surface area contributed by atoms with Crippen molar-refractivity contribution in [1.82, 2.24) is 10.5 Å². The molecule has 2 N–H and O–H groups in total. The van der Waals surface area contributed by atoms with Crippen molar-refractivity contribution < 1.29 is 18.8 Å². The van der Waals surface area contributed by atoms with Gasteiger partial charge in [-0.3, -0.25) is 9.59 Å². The third-order valence-corrected chi connectivity index (χ3v) is 3.68. The van der Waals surface area contributed by atoms with Gasteiger partial charge in [-0.2, -0.15) is 0 Å². The van der Waals surface area contributed by atoms with E-state index in [2.05, 4.69) is 15.8 Å². The first-order chi connectivity index (χ1) is 13.1. The summed E-state index contributed by atoms with van der Waals surface area (Å²) in [6.45, 7) is 1.87. The molecule has 3 aromatic rings. The summed E-state index contributed by atoms with van der Waals surface area (Å²) in [5.41, 5.74) is 1.35. The van der Waals surface area contributed by atoms with E-state index in [1.54, 1.807) is 37.3 Å². The van der Waals surface area contributed by atoms with E-state index >= 15 is 0 Å². The Balaban J connectivity index is 1.58. The van der Waals surface area contributed by atoms with Gasteiger partial charge < -0.3 is 19.9 Å². The summed E-state index contributed by atoms with van der Waals surface area (Å²) in [5, 5.41) is 9.09. The molecular weight excluding hydrogens is 346 g/mol. The summed E-state index contributed by atoms with van der Waals surface area (Å²) in [6.07, 6.45) is 0. The average molecular weight is 365 g/mol. The summed E-state index contributed by atoms with van der Waals surface area (Å²) < 4.78 is 10.4. The zero-order valence-corrected chi connectivity index (χ0v) is 14.8. The highest BCUT2D eigenvalue weighted by atomic mass is 16.5. The smallest absolute Gasteiger partial charge is 0.263 e. The number of aromatic nitrogens is 1. The summed E-state index contributed by atoms with van der Waals surface area (Å²) >= 11 is 0. The Morgan fingerprint density at radius 2 is 1.81 bits per heavy atom. The largest absolute Gasteiger partial charge is 0.483 e. The van der Waals surface area contributed by atoms with Gasteiger partial charge in [0.05, 0.1) is 5.56 Å². The number of hydrogen-bond acceptors (Lipinski definition) is 5. The van der Waals surface area contributed by atoms with Gasteiger partial charge in [0.15, 0.2) is 12.4 Å². The Hall–Kier alpha value is -3.61. The van der Waals surface area contributed by atoms with Crippen LogP contribution in [0.2, 0.25) is 0 Å². The summed E-state index contributed by atoms with van der Waals surface area (Å²) in [7, 11) is 0. The second-order valence-corrected chi connectivity index (χ2v) is 5.82. The fourth-order valence-electron chi connectivity index (χ4n) is 2.40. The number of carbonyl (C=O) groups is 2. The molecule has 0 saturated heterocycles. The fourth-order valence-corrected chi connectivity index (χ4v) is 2.40. The maximum absolute atomic E-state index is 12.5. The van der Waals surface area contributed by atoms with Crippen LogP contribution < -0.4 is 15.4 Å². The van der Waals surface area contributed by atoms with Crippen molar-refractivity contribution in [3.63, 3.8) is 0 Å². The van der Waals surface area contributed by atoms with E-state index in [1.807, 2.05) is 30.3 Å². The van der Waals surface area contributed by atoms with Crippen LogP contribution in [0.15, 0.2) is 65.2 Å². The molecule has 1 aromatic heterocycles. The molecule has 7 nitrogen and oxygen atoms in total. The minimum atomic E-state index is -0.400. The van der Waals surface area contributed by atoms with Crippen molar-refractivity contribution in [2.75, 3.05) is 11.9 Å². The predicted octanol–water partition coefficient (Wildman–Crippen LogP) is 2.93. The fraction of sp³-hybridized carbons (Fsp3) is 0.150. The van der Waals surface area contributed by atoms with Crippen molar-refractivity contribution in [3.8, 4) is 5.75 Å². The lowest BCUT2D eigenvalue weighted by molar-refractivity contribution is -0.118. The standard InChI is InChI=1S/C20H19N3O4/c1-14-11-18(23-27-14)22-19(24)13-26-17-10-6-5-9-16(17)20(25)21-12-15-7-3-2-4-8-15/h2-11H,12-13H2,1H3,(H,21,25)(H,22,23,24). The molecule has 7 heteroatoms. The van der Waals surface area contributed by atoms with Crippen molar-refractivity contribution >= 4 is 17.6 Å². The molecule has 0 fully saturated rings. The van der Waals surface area contributed by atoms with E-state index < -0.39 is 5.91 Å². The number of rotatable bonds is 7. The van der Waals surface area contributed by atoms with Crippen LogP contribution in [0, 0.1) is 6.92 Å². The number of anilines is 1. The van der Waals surface area contributed by atoms with Crippen LogP contribution in [0.3, 0.4) is 0 Å². The Morgan fingerprint density at radius 1 is 1.07 bits per heavy atom. The minimum Gasteiger partial charge on any atom is -0.483 e. The van der Waals surface area contributed by atoms with Gasteiger partial charge in [-0.15, -0.1) is 0 Å². The number of amides is 2. The van der Waals surface area contributed by atoms with Crippen LogP contribution in [-0.2, 0) is 11.3 Å². The highest BCUT2D eigenvalue weighted by Crippen LogP contribution is 2.18. The maximum atomic E-state index is 12.5. The quantitative estimate of drug-likeness (QED) is 0.671. The van der Waals surface area contributed by atoms with Crippen molar-refractivity contribution in [3.05, 3.63) is 77.6 Å². The molecule has 0 aliphatic heterocycles. The molecule has 0 aliphatic carbocycles. The second-order valence-electron chi connectivity index (χ2n) is 5.82. The van der Waals surface area contributed by atoms with Crippen LogP contribution in [-0.4, -0.2) is 23.6 Å². The van der Waals surface area contributed by atoms with Crippen LogP contribution >= 0.6 is 0 Å². The average Bonchev–Trinajstić information content (AvgIpc) is 3.10. The van der Waals surface area contributed by atoms with Crippen molar-refractivity contribution in [1.29, 1.82) is 0 Å². The number of para-hydroxylation sites is 1. The lowest BCUT2D eigenvalue weighted by atomic mass is 10.1. The van der Waals surface area contributed by atoms with Crippen LogP contribution in [0.1, 0.15) is 21.7 Å². The molecule has 0 saturated carbocycles. The third-order valence-electron chi connectivity index (χ3n) is 3.68. The van der Waals surface area contributed by atoms with Gasteiger partial charge in [-0.05, 0) is 24.6 Å². The minimum absolute atomic E-state index is 0.255. The summed E-state index contributed by atoms with van der Waals surface area (Å²) in [5.74, 6) is 0.556. The first kappa shape index (κ1) is 18.2. The molecular formula is C20H19N3O4. The van der Waals surface area contributed by atoms with E-state index in [4.69, 9.17) is 9.26 Å². The van der Waals surface area contributed by atoms with Gasteiger partial charge in [0, 0.05) is 12.6 Å². The number of ether oxygens (including phenoxy) is 1. The predicted molar refractivity (Wildman–Crippen MR) is 99.4 cm³/mol. The first-order valence-corrected chi connectivity index (χ1v) is 8.39. The van der Waals surface area contributed by atoms with E-state index in [0.717, 1.165) is 5.56 Å². The number of aryl methyl sites for hydroxylation is 1. The molecule has 0 unspecified atom stereocenters. The van der Waals surface area contributed by atoms with Gasteiger partial charge in [-0.1, -0.05) is 47.6 Å². The Bertz CT molecular complexity index is 922. The lowest BCUT2D eigenvalue weighted by Crippen LogP contribution is -2.25. The van der Waals surface area contributed by atoms with Crippen LogP contribution in [0.4, 0.5) is 5.82 Å². The Morgan fingerprint density at radius 3 is 2.56 bits per heavy atom. The van der Waals surface area contributed by atoms with E-state index in [1.165, 1.54) is 0 Å². The number of carbonyl (C=O) groups excluding carboxylic acids is 2. The van der Waals surface area contributed by atoms with E-state index in [-0.39, 0.29) is 12.5 Å². The van der Waals surface area contributed by atoms with Gasteiger partial charge in [-0.25, -0.2) is 0 Å². The highest BCUT2D eigenvalue weighted by Gasteiger charge is 2.14. The SMILES string of the molecule is Cc1cc(NC(=O)COc2ccccc2C(=O)NCc2ccccc2)no1. The molecule has 0 bridgehead atoms. The van der Waals surface area contributed by atoms with E-state index in [0.29, 0.717) is 29.4 Å². The normalized spacial score (nSPS) is 10.3. The Labute approximate surface area is 156 Å². The lowest BCUT2D eigenvalue weighted by Gasteiger charge is -2.11. The van der Waals surface area contributed by atoms with Crippen LogP contribution in [0.5, 0.6) is 5.75 Å². The molecule has 1 heterocycles. The second kappa shape index (κ2) is 8.66. The zero-order chi connectivity index (χ0) is 19.1. The molecule has 0 atom stereocenters. The molecule has 0 radical (unpaired) electrons.